The number of anilines is 1. The lowest BCUT2D eigenvalue weighted by molar-refractivity contribution is 0.172. The Bertz CT molecular complexity index is 599. The highest BCUT2D eigenvalue weighted by Gasteiger charge is 2.27. The zero-order valence-electron chi connectivity index (χ0n) is 10.6. The van der Waals surface area contributed by atoms with Gasteiger partial charge in [-0.25, -0.2) is 4.98 Å². The zero-order valence-corrected chi connectivity index (χ0v) is 12.8. The molecule has 6 nitrogen and oxygen atoms in total. The van der Waals surface area contributed by atoms with Gasteiger partial charge in [-0.3, -0.25) is 4.68 Å². The average molecular weight is 373 g/mol. The molecule has 0 saturated carbocycles. The lowest BCUT2D eigenvalue weighted by Gasteiger charge is -2.11. The third-order valence-electron chi connectivity index (χ3n) is 3.52. The fourth-order valence-electron chi connectivity index (χ4n) is 2.66. The van der Waals surface area contributed by atoms with Gasteiger partial charge in [0.25, 0.3) is 0 Å². The Morgan fingerprint density at radius 1 is 1.63 bits per heavy atom. The topological polar surface area (TPSA) is 78.0 Å². The normalized spacial score (nSPS) is 23.3. The van der Waals surface area contributed by atoms with Crippen LogP contribution in [0.4, 0.5) is 5.82 Å². The molecule has 1 unspecified atom stereocenters. The number of nitrogens with zero attached hydrogens (tertiary/aromatic N) is 3. The maximum absolute atomic E-state index is 5.94. The van der Waals surface area contributed by atoms with Gasteiger partial charge in [0, 0.05) is 25.9 Å². The van der Waals surface area contributed by atoms with E-state index in [1.165, 1.54) is 0 Å². The molecular formula is C12H16IN5O. The van der Waals surface area contributed by atoms with Crippen molar-refractivity contribution in [3.8, 4) is 0 Å². The molecule has 2 aromatic heterocycles. The van der Waals surface area contributed by atoms with Crippen molar-refractivity contribution in [3.63, 3.8) is 0 Å². The molecule has 1 aliphatic heterocycles. The SMILES string of the molecule is COC[C@H]1CC(n2nc(I)c3c(N)nccc32)CN1. The van der Waals surface area contributed by atoms with Gasteiger partial charge in [0.1, 0.15) is 9.52 Å². The third kappa shape index (κ3) is 2.30. The lowest BCUT2D eigenvalue weighted by Crippen LogP contribution is -2.25. The third-order valence-corrected chi connectivity index (χ3v) is 4.27. The second-order valence-electron chi connectivity index (χ2n) is 4.78. The van der Waals surface area contributed by atoms with E-state index < -0.39 is 0 Å². The van der Waals surface area contributed by atoms with Gasteiger partial charge in [-0.05, 0) is 35.1 Å². The molecule has 3 rings (SSSR count). The summed E-state index contributed by atoms with van der Waals surface area (Å²) in [6.45, 7) is 1.64. The highest BCUT2D eigenvalue weighted by Crippen LogP contribution is 2.29. The van der Waals surface area contributed by atoms with E-state index in [2.05, 4.69) is 42.7 Å². The number of hydrogen-bond donors (Lipinski definition) is 2. The van der Waals surface area contributed by atoms with Crippen LogP contribution in [0.15, 0.2) is 12.3 Å². The van der Waals surface area contributed by atoms with Crippen LogP contribution < -0.4 is 11.1 Å². The highest BCUT2D eigenvalue weighted by molar-refractivity contribution is 14.1. The van der Waals surface area contributed by atoms with Crippen molar-refractivity contribution in [1.29, 1.82) is 0 Å². The Balaban J connectivity index is 1.96. The maximum atomic E-state index is 5.94. The molecule has 0 spiro atoms. The monoisotopic (exact) mass is 373 g/mol. The average Bonchev–Trinajstić information content (AvgIpc) is 2.96. The van der Waals surface area contributed by atoms with Crippen LogP contribution in [0.5, 0.6) is 0 Å². The van der Waals surface area contributed by atoms with Crippen molar-refractivity contribution in [2.45, 2.75) is 18.5 Å². The molecule has 0 amide bonds. The fraction of sp³-hybridized carbons (Fsp3) is 0.500. The van der Waals surface area contributed by atoms with Crippen LogP contribution in [0, 0.1) is 3.70 Å². The van der Waals surface area contributed by atoms with Gasteiger partial charge in [0.2, 0.25) is 0 Å². The van der Waals surface area contributed by atoms with Gasteiger partial charge in [0.05, 0.1) is 23.6 Å². The van der Waals surface area contributed by atoms with Crippen LogP contribution in [0.2, 0.25) is 0 Å². The minimum atomic E-state index is 0.341. The van der Waals surface area contributed by atoms with E-state index in [9.17, 15) is 0 Å². The number of nitrogens with two attached hydrogens (primary N) is 1. The van der Waals surface area contributed by atoms with E-state index in [4.69, 9.17) is 10.5 Å². The molecule has 0 bridgehead atoms. The molecular weight excluding hydrogens is 357 g/mol. The minimum Gasteiger partial charge on any atom is -0.383 e. The molecule has 1 aliphatic rings. The number of halogens is 1. The van der Waals surface area contributed by atoms with Crippen LogP contribution in [0.3, 0.4) is 0 Å². The molecule has 7 heteroatoms. The number of nitrogens with one attached hydrogen (secondary N) is 1. The number of aromatic nitrogens is 3. The number of rotatable bonds is 3. The number of pyridine rings is 1. The molecule has 0 aromatic carbocycles. The first-order chi connectivity index (χ1) is 9.20. The Hall–Kier alpha value is -0.930. The smallest absolute Gasteiger partial charge is 0.135 e. The summed E-state index contributed by atoms with van der Waals surface area (Å²) in [7, 11) is 1.73. The first-order valence-corrected chi connectivity index (χ1v) is 7.29. The van der Waals surface area contributed by atoms with Gasteiger partial charge in [-0.2, -0.15) is 5.10 Å². The molecule has 0 radical (unpaired) electrons. The van der Waals surface area contributed by atoms with Gasteiger partial charge in [-0.15, -0.1) is 0 Å². The highest BCUT2D eigenvalue weighted by atomic mass is 127. The van der Waals surface area contributed by atoms with E-state index in [1.807, 2.05) is 6.07 Å². The van der Waals surface area contributed by atoms with E-state index >= 15 is 0 Å². The zero-order chi connectivity index (χ0) is 13.4. The largest absolute Gasteiger partial charge is 0.383 e. The molecule has 102 valence electrons. The van der Waals surface area contributed by atoms with E-state index in [0.29, 0.717) is 17.9 Å². The van der Waals surface area contributed by atoms with Crippen LogP contribution in [0.25, 0.3) is 10.9 Å². The molecule has 1 saturated heterocycles. The Morgan fingerprint density at radius 3 is 3.26 bits per heavy atom. The number of methoxy groups -OCH3 is 1. The fourth-order valence-corrected chi connectivity index (χ4v) is 3.44. The van der Waals surface area contributed by atoms with E-state index in [-0.39, 0.29) is 0 Å². The van der Waals surface area contributed by atoms with Crippen molar-refractivity contribution in [1.82, 2.24) is 20.1 Å². The number of ether oxygens (including phenoxy) is 1. The van der Waals surface area contributed by atoms with Gasteiger partial charge in [-0.1, -0.05) is 0 Å². The first kappa shape index (κ1) is 13.1. The Labute approximate surface area is 124 Å². The van der Waals surface area contributed by atoms with Gasteiger partial charge in [0.15, 0.2) is 0 Å². The quantitative estimate of drug-likeness (QED) is 0.790. The predicted molar refractivity (Wildman–Crippen MR) is 82.0 cm³/mol. The van der Waals surface area contributed by atoms with Crippen molar-refractivity contribution in [3.05, 3.63) is 16.0 Å². The Kier molecular flexibility index (Phi) is 3.59. The van der Waals surface area contributed by atoms with E-state index in [1.54, 1.807) is 13.3 Å². The summed E-state index contributed by atoms with van der Waals surface area (Å²) in [5.41, 5.74) is 7.00. The summed E-state index contributed by atoms with van der Waals surface area (Å²) in [6, 6.07) is 2.71. The van der Waals surface area contributed by atoms with Crippen molar-refractivity contribution in [2.75, 3.05) is 26.0 Å². The van der Waals surface area contributed by atoms with Crippen molar-refractivity contribution >= 4 is 39.3 Å². The lowest BCUT2D eigenvalue weighted by atomic mass is 10.2. The molecule has 3 N–H and O–H groups in total. The standard InChI is InChI=1S/C12H16IN5O/c1-19-6-7-4-8(5-16-7)18-9-2-3-15-12(14)10(9)11(13)17-18/h2-3,7-8,16H,4-6H2,1H3,(H2,14,15)/t7-,8?/m1/s1. The minimum absolute atomic E-state index is 0.341. The van der Waals surface area contributed by atoms with Gasteiger partial charge >= 0.3 is 0 Å². The number of hydrogen-bond acceptors (Lipinski definition) is 5. The summed E-state index contributed by atoms with van der Waals surface area (Å²) >= 11 is 2.22. The Morgan fingerprint density at radius 2 is 2.47 bits per heavy atom. The number of nitrogen functional groups attached to an aromatic ring is 1. The van der Waals surface area contributed by atoms with E-state index in [0.717, 1.165) is 34.2 Å². The van der Waals surface area contributed by atoms with Crippen molar-refractivity contribution in [2.24, 2.45) is 0 Å². The summed E-state index contributed by atoms with van der Waals surface area (Å²) in [5.74, 6) is 0.549. The summed E-state index contributed by atoms with van der Waals surface area (Å²) in [6.07, 6.45) is 2.75. The van der Waals surface area contributed by atoms with Crippen LogP contribution >= 0.6 is 22.6 Å². The molecule has 0 aliphatic carbocycles. The summed E-state index contributed by atoms with van der Waals surface area (Å²) < 4.78 is 8.18. The number of fused-ring (bicyclic) bond motifs is 1. The maximum Gasteiger partial charge on any atom is 0.135 e. The second kappa shape index (κ2) is 5.22. The van der Waals surface area contributed by atoms with Crippen LogP contribution in [0.1, 0.15) is 12.5 Å². The molecule has 19 heavy (non-hydrogen) atoms. The molecule has 3 heterocycles. The summed E-state index contributed by atoms with van der Waals surface area (Å²) in [5, 5.41) is 9.05. The molecule has 2 aromatic rings. The first-order valence-electron chi connectivity index (χ1n) is 6.21. The van der Waals surface area contributed by atoms with Crippen LogP contribution in [-0.2, 0) is 4.74 Å². The van der Waals surface area contributed by atoms with Crippen LogP contribution in [-0.4, -0.2) is 41.1 Å². The van der Waals surface area contributed by atoms with Gasteiger partial charge < -0.3 is 15.8 Å². The molecule has 1 fully saturated rings. The van der Waals surface area contributed by atoms with Crippen molar-refractivity contribution < 1.29 is 4.74 Å². The second-order valence-corrected chi connectivity index (χ2v) is 5.80. The summed E-state index contributed by atoms with van der Waals surface area (Å²) in [4.78, 5) is 4.14. The molecule has 2 atom stereocenters. The predicted octanol–water partition coefficient (Wildman–Crippen LogP) is 1.17.